The second-order valence-electron chi connectivity index (χ2n) is 6.40. The standard InChI is InChI=1S/C22H22N2O/c1-17-9-11-19(12-10-17)23-22(24-13-15-25-16-14-24)21-8-4-6-18-5-2-3-7-20(18)21/h2-12H,13-16H2,1H3. The van der Waals surface area contributed by atoms with E-state index in [1.54, 1.807) is 0 Å². The lowest BCUT2D eigenvalue weighted by Crippen LogP contribution is -2.41. The molecule has 25 heavy (non-hydrogen) atoms. The zero-order valence-electron chi connectivity index (χ0n) is 14.5. The molecular weight excluding hydrogens is 308 g/mol. The molecule has 0 aliphatic carbocycles. The molecular formula is C22H22N2O. The Labute approximate surface area is 148 Å². The number of hydrogen-bond acceptors (Lipinski definition) is 2. The number of morpholine rings is 1. The molecule has 3 heteroatoms. The first-order valence-corrected chi connectivity index (χ1v) is 8.77. The van der Waals surface area contributed by atoms with E-state index in [0.717, 1.165) is 37.8 Å². The number of aryl methyl sites for hydroxylation is 1. The fourth-order valence-electron chi connectivity index (χ4n) is 3.24. The number of nitrogens with zero attached hydrogens (tertiary/aromatic N) is 2. The third-order valence-corrected chi connectivity index (χ3v) is 4.61. The lowest BCUT2D eigenvalue weighted by molar-refractivity contribution is 0.0683. The van der Waals surface area contributed by atoms with Crippen LogP contribution in [0.3, 0.4) is 0 Å². The van der Waals surface area contributed by atoms with E-state index in [0.29, 0.717) is 0 Å². The van der Waals surface area contributed by atoms with Gasteiger partial charge in [0.15, 0.2) is 0 Å². The van der Waals surface area contributed by atoms with Crippen molar-refractivity contribution in [1.82, 2.24) is 4.90 Å². The van der Waals surface area contributed by atoms with Gasteiger partial charge in [0, 0.05) is 18.7 Å². The maximum absolute atomic E-state index is 5.54. The highest BCUT2D eigenvalue weighted by molar-refractivity contribution is 6.10. The van der Waals surface area contributed by atoms with Gasteiger partial charge in [-0.25, -0.2) is 4.99 Å². The van der Waals surface area contributed by atoms with Gasteiger partial charge in [-0.1, -0.05) is 60.2 Å². The molecule has 0 saturated carbocycles. The summed E-state index contributed by atoms with van der Waals surface area (Å²) in [7, 11) is 0. The Morgan fingerprint density at radius 2 is 1.60 bits per heavy atom. The molecule has 1 aliphatic heterocycles. The zero-order chi connectivity index (χ0) is 17.1. The zero-order valence-corrected chi connectivity index (χ0v) is 14.5. The lowest BCUT2D eigenvalue weighted by atomic mass is 10.0. The van der Waals surface area contributed by atoms with Gasteiger partial charge in [0.25, 0.3) is 0 Å². The fourth-order valence-corrected chi connectivity index (χ4v) is 3.24. The predicted molar refractivity (Wildman–Crippen MR) is 104 cm³/mol. The van der Waals surface area contributed by atoms with Gasteiger partial charge in [-0.15, -0.1) is 0 Å². The molecule has 0 spiro atoms. The van der Waals surface area contributed by atoms with Crippen LogP contribution < -0.4 is 0 Å². The molecule has 3 aromatic carbocycles. The fraction of sp³-hybridized carbons (Fsp3) is 0.227. The van der Waals surface area contributed by atoms with E-state index in [2.05, 4.69) is 78.6 Å². The first kappa shape index (κ1) is 15.9. The number of hydrogen-bond donors (Lipinski definition) is 0. The van der Waals surface area contributed by atoms with Crippen molar-refractivity contribution in [3.63, 3.8) is 0 Å². The van der Waals surface area contributed by atoms with Gasteiger partial charge in [0.1, 0.15) is 5.84 Å². The number of fused-ring (bicyclic) bond motifs is 1. The molecule has 0 radical (unpaired) electrons. The van der Waals surface area contributed by atoms with Gasteiger partial charge in [0.2, 0.25) is 0 Å². The van der Waals surface area contributed by atoms with Crippen LogP contribution in [-0.4, -0.2) is 37.0 Å². The van der Waals surface area contributed by atoms with Crippen molar-refractivity contribution in [3.05, 3.63) is 77.9 Å². The van der Waals surface area contributed by atoms with Crippen LogP contribution in [-0.2, 0) is 4.74 Å². The maximum Gasteiger partial charge on any atom is 0.137 e. The Balaban J connectivity index is 1.85. The SMILES string of the molecule is Cc1ccc(N=C(c2cccc3ccccc23)N2CCOCC2)cc1. The van der Waals surface area contributed by atoms with Crippen LogP contribution in [0.1, 0.15) is 11.1 Å². The molecule has 3 aromatic rings. The average molecular weight is 330 g/mol. The summed E-state index contributed by atoms with van der Waals surface area (Å²) >= 11 is 0. The molecule has 0 atom stereocenters. The largest absolute Gasteiger partial charge is 0.378 e. The molecule has 0 bridgehead atoms. The van der Waals surface area contributed by atoms with Crippen molar-refractivity contribution in [2.24, 2.45) is 4.99 Å². The molecule has 1 heterocycles. The molecule has 0 aromatic heterocycles. The summed E-state index contributed by atoms with van der Waals surface area (Å²) in [4.78, 5) is 7.37. The molecule has 0 N–H and O–H groups in total. The van der Waals surface area contributed by atoms with Gasteiger partial charge in [0.05, 0.1) is 18.9 Å². The average Bonchev–Trinajstić information content (AvgIpc) is 2.68. The summed E-state index contributed by atoms with van der Waals surface area (Å²) < 4.78 is 5.54. The van der Waals surface area contributed by atoms with Crippen molar-refractivity contribution in [2.75, 3.05) is 26.3 Å². The number of rotatable bonds is 2. The lowest BCUT2D eigenvalue weighted by Gasteiger charge is -2.30. The highest BCUT2D eigenvalue weighted by atomic mass is 16.5. The van der Waals surface area contributed by atoms with Crippen molar-refractivity contribution in [2.45, 2.75) is 6.92 Å². The molecule has 0 unspecified atom stereocenters. The van der Waals surface area contributed by atoms with Crippen molar-refractivity contribution in [3.8, 4) is 0 Å². The van der Waals surface area contributed by atoms with Gasteiger partial charge < -0.3 is 9.64 Å². The van der Waals surface area contributed by atoms with Crippen LogP contribution in [0.25, 0.3) is 10.8 Å². The number of aliphatic imine (C=N–C) groups is 1. The first-order valence-electron chi connectivity index (χ1n) is 8.77. The second kappa shape index (κ2) is 7.08. The predicted octanol–water partition coefficient (Wildman–Crippen LogP) is 4.56. The minimum atomic E-state index is 0.748. The van der Waals surface area contributed by atoms with E-state index in [4.69, 9.17) is 9.73 Å². The van der Waals surface area contributed by atoms with Crippen LogP contribution in [0.5, 0.6) is 0 Å². The number of benzene rings is 3. The Kier molecular flexibility index (Phi) is 4.49. The molecule has 3 nitrogen and oxygen atoms in total. The Morgan fingerprint density at radius 1 is 0.880 bits per heavy atom. The van der Waals surface area contributed by atoms with Gasteiger partial charge in [-0.3, -0.25) is 0 Å². The molecule has 126 valence electrons. The maximum atomic E-state index is 5.54. The van der Waals surface area contributed by atoms with Crippen LogP contribution in [0.15, 0.2) is 71.7 Å². The summed E-state index contributed by atoms with van der Waals surface area (Å²) in [6.45, 7) is 5.33. The van der Waals surface area contributed by atoms with E-state index >= 15 is 0 Å². The Hall–Kier alpha value is -2.65. The smallest absolute Gasteiger partial charge is 0.137 e. The van der Waals surface area contributed by atoms with Crippen molar-refractivity contribution in [1.29, 1.82) is 0 Å². The molecule has 1 fully saturated rings. The van der Waals surface area contributed by atoms with E-state index in [9.17, 15) is 0 Å². The second-order valence-corrected chi connectivity index (χ2v) is 6.40. The van der Waals surface area contributed by atoms with Crippen LogP contribution in [0.2, 0.25) is 0 Å². The quantitative estimate of drug-likeness (QED) is 0.508. The summed E-state index contributed by atoms with van der Waals surface area (Å²) in [6, 6.07) is 23.3. The Morgan fingerprint density at radius 3 is 2.40 bits per heavy atom. The Bertz CT molecular complexity index is 888. The topological polar surface area (TPSA) is 24.8 Å². The van der Waals surface area contributed by atoms with Gasteiger partial charge in [-0.05, 0) is 29.8 Å². The number of ether oxygens (including phenoxy) is 1. The monoisotopic (exact) mass is 330 g/mol. The van der Waals surface area contributed by atoms with Crippen molar-refractivity contribution >= 4 is 22.3 Å². The number of amidine groups is 1. The highest BCUT2D eigenvalue weighted by Gasteiger charge is 2.18. The summed E-state index contributed by atoms with van der Waals surface area (Å²) in [5.74, 6) is 1.03. The highest BCUT2D eigenvalue weighted by Crippen LogP contribution is 2.24. The normalized spacial score (nSPS) is 15.6. The van der Waals surface area contributed by atoms with Crippen molar-refractivity contribution < 1.29 is 4.74 Å². The van der Waals surface area contributed by atoms with Crippen LogP contribution in [0.4, 0.5) is 5.69 Å². The first-order chi connectivity index (χ1) is 12.3. The van der Waals surface area contributed by atoms with Gasteiger partial charge >= 0.3 is 0 Å². The molecule has 1 aliphatic rings. The van der Waals surface area contributed by atoms with E-state index in [-0.39, 0.29) is 0 Å². The van der Waals surface area contributed by atoms with Gasteiger partial charge in [-0.2, -0.15) is 0 Å². The summed E-state index contributed by atoms with van der Waals surface area (Å²) in [5, 5.41) is 2.48. The van der Waals surface area contributed by atoms with E-state index in [1.807, 2.05) is 0 Å². The molecule has 0 amide bonds. The third kappa shape index (κ3) is 3.42. The third-order valence-electron chi connectivity index (χ3n) is 4.61. The molecule has 4 rings (SSSR count). The summed E-state index contributed by atoms with van der Waals surface area (Å²) in [5.41, 5.74) is 3.41. The summed E-state index contributed by atoms with van der Waals surface area (Å²) in [6.07, 6.45) is 0. The van der Waals surface area contributed by atoms with Crippen LogP contribution in [0, 0.1) is 6.92 Å². The van der Waals surface area contributed by atoms with Crippen LogP contribution >= 0.6 is 0 Å². The minimum Gasteiger partial charge on any atom is -0.378 e. The van der Waals surface area contributed by atoms with E-state index in [1.165, 1.54) is 21.9 Å². The van der Waals surface area contributed by atoms with E-state index < -0.39 is 0 Å². The molecule has 1 saturated heterocycles. The minimum absolute atomic E-state index is 0.748.